The van der Waals surface area contributed by atoms with Gasteiger partial charge in [0.05, 0.1) is 5.75 Å². The zero-order chi connectivity index (χ0) is 13.1. The van der Waals surface area contributed by atoms with E-state index in [1.807, 2.05) is 0 Å². The molecule has 0 bridgehead atoms. The molecule has 0 aromatic heterocycles. The van der Waals surface area contributed by atoms with Crippen molar-refractivity contribution in [3.63, 3.8) is 0 Å². The highest BCUT2D eigenvalue weighted by Gasteiger charge is 2.45. The van der Waals surface area contributed by atoms with Gasteiger partial charge in [0.2, 0.25) is 0 Å². The van der Waals surface area contributed by atoms with Crippen LogP contribution >= 0.6 is 24.0 Å². The second-order valence-corrected chi connectivity index (χ2v) is 7.69. The summed E-state index contributed by atoms with van der Waals surface area (Å²) in [5.74, 6) is 1.15. The van der Waals surface area contributed by atoms with E-state index in [2.05, 4.69) is 24.2 Å². The maximum atomic E-state index is 11.3. The van der Waals surface area contributed by atoms with Crippen LogP contribution in [0.25, 0.3) is 0 Å². The van der Waals surface area contributed by atoms with Crippen LogP contribution in [0.1, 0.15) is 26.7 Å². The van der Waals surface area contributed by atoms with Gasteiger partial charge in [0.25, 0.3) is 0 Å². The molecule has 7 heteroatoms. The Labute approximate surface area is 127 Å². The summed E-state index contributed by atoms with van der Waals surface area (Å²) < 4.78 is 22.5. The van der Waals surface area contributed by atoms with Crippen LogP contribution in [0.4, 0.5) is 0 Å². The lowest BCUT2D eigenvalue weighted by atomic mass is 10.1. The first-order chi connectivity index (χ1) is 7.72. The van der Waals surface area contributed by atoms with E-state index in [1.54, 1.807) is 0 Å². The Balaban J connectivity index is 0.00000289. The zero-order valence-electron chi connectivity index (χ0n) is 11.3. The molecule has 0 aromatic carbocycles. The summed E-state index contributed by atoms with van der Waals surface area (Å²) >= 11 is 0. The molecule has 0 spiro atoms. The van der Waals surface area contributed by atoms with Crippen LogP contribution in [-0.2, 0) is 9.84 Å². The molecule has 0 radical (unpaired) electrons. The third-order valence-electron chi connectivity index (χ3n) is 2.80. The second kappa shape index (κ2) is 6.93. The van der Waals surface area contributed by atoms with Gasteiger partial charge >= 0.3 is 0 Å². The number of aliphatic imine (C=N–C) groups is 1. The summed E-state index contributed by atoms with van der Waals surface area (Å²) in [6.07, 6.45) is 3.14. The van der Waals surface area contributed by atoms with Crippen molar-refractivity contribution in [3.05, 3.63) is 0 Å². The largest absolute Gasteiger partial charge is 0.370 e. The maximum absolute atomic E-state index is 11.3. The molecule has 0 aliphatic heterocycles. The normalized spacial score (nSPS) is 18.3. The average molecular weight is 389 g/mol. The fraction of sp³-hybridized carbons (Fsp3) is 0.909. The summed E-state index contributed by atoms with van der Waals surface area (Å²) in [5.41, 5.74) is 5.57. The van der Waals surface area contributed by atoms with E-state index < -0.39 is 9.84 Å². The van der Waals surface area contributed by atoms with Crippen LogP contribution in [0.2, 0.25) is 0 Å². The Hall–Kier alpha value is -0.0500. The molecule has 1 aliphatic rings. The second-order valence-electron chi connectivity index (χ2n) is 5.55. The Bertz CT molecular complexity index is 389. The van der Waals surface area contributed by atoms with Crippen molar-refractivity contribution < 1.29 is 8.42 Å². The lowest BCUT2D eigenvalue weighted by molar-refractivity contribution is 0.550. The minimum Gasteiger partial charge on any atom is -0.370 e. The van der Waals surface area contributed by atoms with Crippen LogP contribution in [0, 0.1) is 11.3 Å². The molecule has 5 nitrogen and oxygen atoms in total. The summed E-state index contributed by atoms with van der Waals surface area (Å²) in [5, 5.41) is 3.02. The number of nitrogens with zero attached hydrogens (tertiary/aromatic N) is 1. The minimum atomic E-state index is -2.92. The summed E-state index contributed by atoms with van der Waals surface area (Å²) in [6.45, 7) is 5.48. The first kappa shape index (κ1) is 17.9. The third kappa shape index (κ3) is 7.40. The van der Waals surface area contributed by atoms with E-state index in [-0.39, 0.29) is 35.1 Å². The third-order valence-corrected chi connectivity index (χ3v) is 3.94. The van der Waals surface area contributed by atoms with Crippen LogP contribution in [0.15, 0.2) is 4.99 Å². The van der Waals surface area contributed by atoms with Crippen molar-refractivity contribution in [1.82, 2.24) is 5.32 Å². The Morgan fingerprint density at radius 2 is 2.00 bits per heavy atom. The van der Waals surface area contributed by atoms with Gasteiger partial charge in [-0.05, 0) is 18.8 Å². The van der Waals surface area contributed by atoms with Gasteiger partial charge < -0.3 is 11.1 Å². The van der Waals surface area contributed by atoms with Crippen molar-refractivity contribution in [1.29, 1.82) is 0 Å². The SMILES string of the molecule is CC(C)CNC(N)=NCC1(CS(C)(=O)=O)CC1.I. The highest BCUT2D eigenvalue weighted by molar-refractivity contribution is 14.0. The first-order valence-corrected chi connectivity index (χ1v) is 8.00. The standard InChI is InChI=1S/C11H23N3O2S.HI/c1-9(2)6-13-10(12)14-7-11(4-5-11)8-17(3,15)16;/h9H,4-8H2,1-3H3,(H3,12,13,14);1H. The number of guanidine groups is 1. The van der Waals surface area contributed by atoms with Crippen molar-refractivity contribution >= 4 is 39.8 Å². The molecule has 0 saturated heterocycles. The number of rotatable bonds is 6. The van der Waals surface area contributed by atoms with E-state index in [4.69, 9.17) is 5.73 Å². The Morgan fingerprint density at radius 3 is 2.39 bits per heavy atom. The minimum absolute atomic E-state index is 0. The van der Waals surface area contributed by atoms with Gasteiger partial charge in [-0.3, -0.25) is 4.99 Å². The average Bonchev–Trinajstić information content (AvgIpc) is 2.89. The molecular formula is C11H24IN3O2S. The Morgan fingerprint density at radius 1 is 1.44 bits per heavy atom. The number of nitrogens with two attached hydrogens (primary N) is 1. The lowest BCUT2D eigenvalue weighted by Gasteiger charge is -2.12. The van der Waals surface area contributed by atoms with E-state index in [0.717, 1.165) is 19.4 Å². The molecule has 0 amide bonds. The summed E-state index contributed by atoms with van der Waals surface area (Å²) in [7, 11) is -2.92. The molecule has 108 valence electrons. The van der Waals surface area contributed by atoms with E-state index in [9.17, 15) is 8.42 Å². The van der Waals surface area contributed by atoms with Gasteiger partial charge in [-0.2, -0.15) is 0 Å². The highest BCUT2D eigenvalue weighted by Crippen LogP contribution is 2.46. The lowest BCUT2D eigenvalue weighted by Crippen LogP contribution is -2.35. The number of halogens is 1. The summed E-state index contributed by atoms with van der Waals surface area (Å²) in [6, 6.07) is 0. The molecule has 1 saturated carbocycles. The molecule has 0 heterocycles. The predicted octanol–water partition coefficient (Wildman–Crippen LogP) is 0.989. The van der Waals surface area contributed by atoms with Crippen LogP contribution in [0.5, 0.6) is 0 Å². The number of hydrogen-bond donors (Lipinski definition) is 2. The van der Waals surface area contributed by atoms with Gasteiger partial charge in [0.1, 0.15) is 9.84 Å². The molecule has 1 fully saturated rings. The fourth-order valence-electron chi connectivity index (χ4n) is 1.70. The molecule has 0 atom stereocenters. The smallest absolute Gasteiger partial charge is 0.188 e. The predicted molar refractivity (Wildman–Crippen MR) is 86.1 cm³/mol. The van der Waals surface area contributed by atoms with E-state index in [0.29, 0.717) is 18.4 Å². The Kier molecular flexibility index (Phi) is 6.91. The molecular weight excluding hydrogens is 365 g/mol. The van der Waals surface area contributed by atoms with Crippen molar-refractivity contribution in [2.75, 3.05) is 25.1 Å². The van der Waals surface area contributed by atoms with Crippen molar-refractivity contribution in [2.45, 2.75) is 26.7 Å². The van der Waals surface area contributed by atoms with Gasteiger partial charge in [0.15, 0.2) is 5.96 Å². The first-order valence-electron chi connectivity index (χ1n) is 5.94. The van der Waals surface area contributed by atoms with Crippen LogP contribution in [0.3, 0.4) is 0 Å². The number of hydrogen-bond acceptors (Lipinski definition) is 3. The topological polar surface area (TPSA) is 84.5 Å². The summed E-state index contributed by atoms with van der Waals surface area (Å²) in [4.78, 5) is 4.23. The molecule has 1 rings (SSSR count). The fourth-order valence-corrected chi connectivity index (χ4v) is 3.19. The molecule has 0 unspecified atom stereocenters. The van der Waals surface area contributed by atoms with Crippen LogP contribution < -0.4 is 11.1 Å². The van der Waals surface area contributed by atoms with Gasteiger partial charge in [0, 0.05) is 24.8 Å². The number of nitrogens with one attached hydrogen (secondary N) is 1. The molecule has 1 aliphatic carbocycles. The van der Waals surface area contributed by atoms with Gasteiger partial charge in [-0.15, -0.1) is 24.0 Å². The molecule has 18 heavy (non-hydrogen) atoms. The molecule has 0 aromatic rings. The van der Waals surface area contributed by atoms with Gasteiger partial charge in [-0.1, -0.05) is 13.8 Å². The molecule has 3 N–H and O–H groups in total. The maximum Gasteiger partial charge on any atom is 0.188 e. The van der Waals surface area contributed by atoms with Crippen molar-refractivity contribution in [2.24, 2.45) is 22.1 Å². The van der Waals surface area contributed by atoms with E-state index >= 15 is 0 Å². The van der Waals surface area contributed by atoms with Gasteiger partial charge in [-0.25, -0.2) is 8.42 Å². The highest BCUT2D eigenvalue weighted by atomic mass is 127. The monoisotopic (exact) mass is 389 g/mol. The number of sulfone groups is 1. The quantitative estimate of drug-likeness (QED) is 0.403. The van der Waals surface area contributed by atoms with E-state index in [1.165, 1.54) is 6.26 Å². The van der Waals surface area contributed by atoms with Crippen molar-refractivity contribution in [3.8, 4) is 0 Å². The zero-order valence-corrected chi connectivity index (χ0v) is 14.4. The van der Waals surface area contributed by atoms with Crippen LogP contribution in [-0.4, -0.2) is 39.5 Å².